The highest BCUT2D eigenvalue weighted by Gasteiger charge is 1.72. The molecule has 0 aromatic heterocycles. The average molecular weight is 150 g/mol. The Balaban J connectivity index is -0.0000000326. The number of carbonyl (C=O) groups is 2. The number of carbonyl (C=O) groups excluding carboxylic acids is 2. The van der Waals surface area contributed by atoms with Gasteiger partial charge in [0.05, 0.1) is 0 Å². The van der Waals surface area contributed by atoms with Crippen molar-refractivity contribution in [2.45, 2.75) is 21.8 Å². The highest BCUT2D eigenvalue weighted by Crippen LogP contribution is 1.45. The van der Waals surface area contributed by atoms with Crippen molar-refractivity contribution in [3.63, 3.8) is 0 Å². The molecule has 0 bridgehead atoms. The largest absolute Gasteiger partial charge is 0.372 e. The molecule has 0 aromatic carbocycles. The number of nitrogens with one attached hydrogen (secondary N) is 1. The predicted octanol–water partition coefficient (Wildman–Crippen LogP) is 0.126. The van der Waals surface area contributed by atoms with Crippen LogP contribution in [0.3, 0.4) is 0 Å². The third-order valence-corrected chi connectivity index (χ3v) is 0.352. The van der Waals surface area contributed by atoms with Gasteiger partial charge in [-0.2, -0.15) is 0 Å². The Kier molecular flexibility index (Phi) is 56.9. The molecule has 0 aliphatic rings. The lowest BCUT2D eigenvalue weighted by molar-refractivity contribution is -0.118. The van der Waals surface area contributed by atoms with Crippen LogP contribution in [-0.2, 0) is 9.59 Å². The van der Waals surface area contributed by atoms with Gasteiger partial charge in [0.2, 0.25) is 12.3 Å². The van der Waals surface area contributed by atoms with Gasteiger partial charge < -0.3 is 11.1 Å². The molecule has 3 N–H and O–H groups in total. The van der Waals surface area contributed by atoms with E-state index in [0.717, 1.165) is 0 Å². The molecule has 0 aliphatic heterocycles. The van der Waals surface area contributed by atoms with Gasteiger partial charge in [-0.3, -0.25) is 9.59 Å². The first-order valence-corrected chi connectivity index (χ1v) is 2.02. The summed E-state index contributed by atoms with van der Waals surface area (Å²) in [6.07, 6.45) is 0.250. The summed E-state index contributed by atoms with van der Waals surface area (Å²) < 4.78 is 0. The van der Waals surface area contributed by atoms with Gasteiger partial charge in [-0.05, 0) is 0 Å². The molecule has 0 spiro atoms. The molecule has 2 amide bonds. The lowest BCUT2D eigenvalue weighted by Gasteiger charge is -1.80. The molecule has 0 aliphatic carbocycles. The van der Waals surface area contributed by atoms with E-state index in [1.54, 1.807) is 7.05 Å². The number of nitrogens with two attached hydrogens (primary N) is 1. The van der Waals surface area contributed by atoms with Crippen LogP contribution in [0.5, 0.6) is 0 Å². The summed E-state index contributed by atoms with van der Waals surface area (Å²) in [6.45, 7) is 1.47. The van der Waals surface area contributed by atoms with Crippen LogP contribution in [0.25, 0.3) is 0 Å². The molecular formula is C6H18N2O2. The fraction of sp³-hybridized carbons (Fsp3) is 0.667. The van der Waals surface area contributed by atoms with E-state index in [0.29, 0.717) is 0 Å². The second kappa shape index (κ2) is 24.6. The summed E-state index contributed by atoms with van der Waals surface area (Å²) in [5.41, 5.74) is 4.17. The van der Waals surface area contributed by atoms with Crippen LogP contribution in [0.2, 0.25) is 0 Å². The Hall–Kier alpha value is -1.06. The summed E-state index contributed by atoms with van der Waals surface area (Å²) in [5.74, 6) is 0.00463. The maximum Gasteiger partial charge on any atom is 0.216 e. The summed E-state index contributed by atoms with van der Waals surface area (Å²) in [5, 5.41) is 2.39. The van der Waals surface area contributed by atoms with Gasteiger partial charge in [0.25, 0.3) is 0 Å². The topological polar surface area (TPSA) is 72.2 Å². The Morgan fingerprint density at radius 2 is 1.60 bits per heavy atom. The zero-order valence-corrected chi connectivity index (χ0v) is 4.97. The van der Waals surface area contributed by atoms with Crippen molar-refractivity contribution in [1.29, 1.82) is 0 Å². The summed E-state index contributed by atoms with van der Waals surface area (Å²) in [4.78, 5) is 18.3. The van der Waals surface area contributed by atoms with Gasteiger partial charge >= 0.3 is 0 Å². The van der Waals surface area contributed by atoms with Gasteiger partial charge in [-0.25, -0.2) is 0 Å². The third-order valence-electron chi connectivity index (χ3n) is 0.352. The Morgan fingerprint density at radius 3 is 1.60 bits per heavy atom. The van der Waals surface area contributed by atoms with Gasteiger partial charge in [0, 0.05) is 14.0 Å². The monoisotopic (exact) mass is 150 g/mol. The number of amides is 2. The second-order valence-electron chi connectivity index (χ2n) is 0.942. The van der Waals surface area contributed by atoms with Crippen LogP contribution in [-0.4, -0.2) is 19.4 Å². The van der Waals surface area contributed by atoms with Crippen molar-refractivity contribution >= 4 is 12.3 Å². The molecule has 0 rings (SSSR count). The highest BCUT2D eigenvalue weighted by atomic mass is 16.1. The van der Waals surface area contributed by atoms with Crippen LogP contribution in [0, 0.1) is 0 Å². The van der Waals surface area contributed by atoms with Crippen molar-refractivity contribution in [3.05, 3.63) is 0 Å². The molecule has 0 saturated carbocycles. The van der Waals surface area contributed by atoms with Gasteiger partial charge in [0.1, 0.15) is 0 Å². The van der Waals surface area contributed by atoms with E-state index >= 15 is 0 Å². The molecule has 0 aromatic rings. The lowest BCUT2D eigenvalue weighted by Crippen LogP contribution is -2.11. The minimum atomic E-state index is 0. The highest BCUT2D eigenvalue weighted by molar-refractivity contribution is 5.72. The molecule has 0 atom stereocenters. The average Bonchev–Trinajstić information content (AvgIpc) is 1.69. The number of hydrogen-bond donors (Lipinski definition) is 2. The van der Waals surface area contributed by atoms with Crippen molar-refractivity contribution in [2.24, 2.45) is 5.73 Å². The maximum atomic E-state index is 9.70. The minimum Gasteiger partial charge on any atom is -0.372 e. The minimum absolute atomic E-state index is 0. The van der Waals surface area contributed by atoms with Gasteiger partial charge in [-0.1, -0.05) is 14.9 Å². The predicted molar refractivity (Wildman–Crippen MR) is 43.5 cm³/mol. The quantitative estimate of drug-likeness (QED) is 0.482. The van der Waals surface area contributed by atoms with Crippen LogP contribution in [0.15, 0.2) is 0 Å². The molecule has 0 radical (unpaired) electrons. The zero-order chi connectivity index (χ0) is 6.99. The van der Waals surface area contributed by atoms with Crippen molar-refractivity contribution in [3.8, 4) is 0 Å². The van der Waals surface area contributed by atoms with Crippen molar-refractivity contribution in [1.82, 2.24) is 5.32 Å². The smallest absolute Gasteiger partial charge is 0.216 e. The van der Waals surface area contributed by atoms with Crippen molar-refractivity contribution in [2.75, 3.05) is 7.05 Å². The Labute approximate surface area is 62.8 Å². The first-order valence-electron chi connectivity index (χ1n) is 2.02. The molecule has 64 valence electrons. The molecule has 0 unspecified atom stereocenters. The van der Waals surface area contributed by atoms with E-state index in [2.05, 4.69) is 11.1 Å². The molecule has 0 heterocycles. The summed E-state index contributed by atoms with van der Waals surface area (Å²) in [7, 11) is 1.60. The number of primary amides is 1. The fourth-order valence-electron chi connectivity index (χ4n) is 0. The molecule has 10 heavy (non-hydrogen) atoms. The SMILES string of the molecule is C.C.CNC(C)=O.NC=O. The van der Waals surface area contributed by atoms with E-state index in [4.69, 9.17) is 4.79 Å². The number of rotatable bonds is 0. The maximum absolute atomic E-state index is 9.70. The van der Waals surface area contributed by atoms with E-state index in [9.17, 15) is 4.79 Å². The van der Waals surface area contributed by atoms with E-state index in [1.165, 1.54) is 6.92 Å². The molecular weight excluding hydrogens is 132 g/mol. The third kappa shape index (κ3) is 277. The van der Waals surface area contributed by atoms with Crippen LogP contribution in [0.1, 0.15) is 21.8 Å². The van der Waals surface area contributed by atoms with Gasteiger partial charge in [-0.15, -0.1) is 0 Å². The number of hydrogen-bond acceptors (Lipinski definition) is 2. The van der Waals surface area contributed by atoms with Gasteiger partial charge in [0.15, 0.2) is 0 Å². The second-order valence-corrected chi connectivity index (χ2v) is 0.942. The van der Waals surface area contributed by atoms with E-state index in [1.807, 2.05) is 0 Å². The Bertz CT molecular complexity index is 74.1. The van der Waals surface area contributed by atoms with Crippen LogP contribution >= 0.6 is 0 Å². The Morgan fingerprint density at radius 1 is 1.50 bits per heavy atom. The first kappa shape index (κ1) is 23.1. The first-order chi connectivity index (χ1) is 3.68. The molecule has 0 fully saturated rings. The van der Waals surface area contributed by atoms with Crippen LogP contribution < -0.4 is 11.1 Å². The summed E-state index contributed by atoms with van der Waals surface area (Å²) in [6, 6.07) is 0. The van der Waals surface area contributed by atoms with Crippen LogP contribution in [0.4, 0.5) is 0 Å². The molecule has 0 saturated heterocycles. The molecule has 4 heteroatoms. The zero-order valence-electron chi connectivity index (χ0n) is 4.97. The summed E-state index contributed by atoms with van der Waals surface area (Å²) >= 11 is 0. The fourth-order valence-corrected chi connectivity index (χ4v) is 0. The molecule has 4 nitrogen and oxygen atoms in total. The van der Waals surface area contributed by atoms with E-state index in [-0.39, 0.29) is 27.2 Å². The lowest BCUT2D eigenvalue weighted by atomic mass is 10.7. The van der Waals surface area contributed by atoms with Crippen molar-refractivity contribution < 1.29 is 9.59 Å². The van der Waals surface area contributed by atoms with E-state index < -0.39 is 0 Å². The standard InChI is InChI=1S/C3H7NO.CH3NO.2CH4/c1-3(5)4-2;2-1-3;;/h1-2H3,(H,4,5);1H,(H2,2,3);2*1H4. The normalized spacial score (nSPS) is 4.60.